The molecule has 1 aromatic carbocycles. The normalized spacial score (nSPS) is 12.4. The van der Waals surface area contributed by atoms with Gasteiger partial charge in [-0.1, -0.05) is 46.6 Å². The van der Waals surface area contributed by atoms with Crippen LogP contribution in [0.25, 0.3) is 0 Å². The van der Waals surface area contributed by atoms with Crippen molar-refractivity contribution in [3.8, 4) is 0 Å². The van der Waals surface area contributed by atoms with Crippen molar-refractivity contribution in [3.05, 3.63) is 62.8 Å². The SMILES string of the molecule is CCNC(Cc1ncccc1C)c1ccc(Br)cc1Cl. The summed E-state index contributed by atoms with van der Waals surface area (Å²) in [5.41, 5.74) is 3.43. The van der Waals surface area contributed by atoms with Gasteiger partial charge in [0, 0.05) is 33.8 Å². The van der Waals surface area contributed by atoms with Gasteiger partial charge in [0.05, 0.1) is 0 Å². The number of pyridine rings is 1. The Labute approximate surface area is 133 Å². The van der Waals surface area contributed by atoms with E-state index in [1.807, 2.05) is 24.4 Å². The molecular formula is C16H18BrClN2. The fraction of sp³-hybridized carbons (Fsp3) is 0.312. The second-order valence-corrected chi connectivity index (χ2v) is 6.07. The summed E-state index contributed by atoms with van der Waals surface area (Å²) in [5.74, 6) is 0. The second-order valence-electron chi connectivity index (χ2n) is 4.75. The average Bonchev–Trinajstić information content (AvgIpc) is 2.41. The Balaban J connectivity index is 2.29. The van der Waals surface area contributed by atoms with E-state index in [2.05, 4.69) is 52.2 Å². The number of benzene rings is 1. The number of likely N-dealkylation sites (N-methyl/N-ethyl adjacent to an activating group) is 1. The molecule has 2 nitrogen and oxygen atoms in total. The van der Waals surface area contributed by atoms with E-state index in [0.29, 0.717) is 0 Å². The van der Waals surface area contributed by atoms with E-state index < -0.39 is 0 Å². The molecule has 20 heavy (non-hydrogen) atoms. The Morgan fingerprint density at radius 2 is 2.15 bits per heavy atom. The molecular weight excluding hydrogens is 336 g/mol. The third-order valence-electron chi connectivity index (χ3n) is 3.30. The van der Waals surface area contributed by atoms with Gasteiger partial charge in [0.15, 0.2) is 0 Å². The van der Waals surface area contributed by atoms with Crippen molar-refractivity contribution < 1.29 is 0 Å². The summed E-state index contributed by atoms with van der Waals surface area (Å²) in [4.78, 5) is 4.48. The third kappa shape index (κ3) is 3.81. The number of halogens is 2. The van der Waals surface area contributed by atoms with Crippen molar-refractivity contribution in [1.82, 2.24) is 10.3 Å². The summed E-state index contributed by atoms with van der Waals surface area (Å²) in [6.45, 7) is 5.09. The van der Waals surface area contributed by atoms with E-state index in [-0.39, 0.29) is 6.04 Å². The maximum atomic E-state index is 6.38. The second kappa shape index (κ2) is 7.21. The molecule has 0 saturated carbocycles. The highest BCUT2D eigenvalue weighted by Gasteiger charge is 2.16. The van der Waals surface area contributed by atoms with E-state index in [4.69, 9.17) is 11.6 Å². The maximum absolute atomic E-state index is 6.38. The molecule has 4 heteroatoms. The molecule has 0 fully saturated rings. The summed E-state index contributed by atoms with van der Waals surface area (Å²) >= 11 is 9.82. The lowest BCUT2D eigenvalue weighted by molar-refractivity contribution is 0.543. The van der Waals surface area contributed by atoms with Crippen LogP contribution in [0, 0.1) is 6.92 Å². The summed E-state index contributed by atoms with van der Waals surface area (Å²) in [5, 5.41) is 4.27. The van der Waals surface area contributed by atoms with Gasteiger partial charge in [0.2, 0.25) is 0 Å². The lowest BCUT2D eigenvalue weighted by Crippen LogP contribution is -2.24. The molecule has 106 valence electrons. The minimum absolute atomic E-state index is 0.175. The van der Waals surface area contributed by atoms with Crippen LogP contribution >= 0.6 is 27.5 Å². The van der Waals surface area contributed by atoms with Crippen LogP contribution in [-0.2, 0) is 6.42 Å². The van der Waals surface area contributed by atoms with Gasteiger partial charge in [-0.05, 0) is 42.8 Å². The van der Waals surface area contributed by atoms with E-state index >= 15 is 0 Å². The first-order chi connectivity index (χ1) is 9.61. The van der Waals surface area contributed by atoms with Crippen LogP contribution in [0.5, 0.6) is 0 Å². The molecule has 2 aromatic rings. The number of aryl methyl sites for hydroxylation is 1. The summed E-state index contributed by atoms with van der Waals surface area (Å²) in [6.07, 6.45) is 2.68. The van der Waals surface area contributed by atoms with Gasteiger partial charge < -0.3 is 5.32 Å². The standard InChI is InChI=1S/C16H18BrClN2/c1-3-19-16(10-15-11(2)5-4-8-20-15)13-7-6-12(17)9-14(13)18/h4-9,16,19H,3,10H2,1-2H3. The van der Waals surface area contributed by atoms with Crippen molar-refractivity contribution in [2.45, 2.75) is 26.3 Å². The van der Waals surface area contributed by atoms with Crippen LogP contribution < -0.4 is 5.32 Å². The summed E-state index contributed by atoms with van der Waals surface area (Å²) in [7, 11) is 0. The zero-order valence-electron chi connectivity index (χ0n) is 11.7. The quantitative estimate of drug-likeness (QED) is 0.843. The number of nitrogens with zero attached hydrogens (tertiary/aromatic N) is 1. The van der Waals surface area contributed by atoms with E-state index in [1.165, 1.54) is 5.56 Å². The maximum Gasteiger partial charge on any atom is 0.0465 e. The van der Waals surface area contributed by atoms with Crippen molar-refractivity contribution >= 4 is 27.5 Å². The van der Waals surface area contributed by atoms with Crippen LogP contribution in [0.4, 0.5) is 0 Å². The highest BCUT2D eigenvalue weighted by atomic mass is 79.9. The Kier molecular flexibility index (Phi) is 5.58. The molecule has 1 atom stereocenters. The van der Waals surface area contributed by atoms with Gasteiger partial charge in [0.25, 0.3) is 0 Å². The lowest BCUT2D eigenvalue weighted by atomic mass is 9.99. The molecule has 1 N–H and O–H groups in total. The number of nitrogens with one attached hydrogen (secondary N) is 1. The molecule has 0 spiro atoms. The summed E-state index contributed by atoms with van der Waals surface area (Å²) < 4.78 is 0.996. The minimum atomic E-state index is 0.175. The largest absolute Gasteiger partial charge is 0.310 e. The molecule has 2 rings (SSSR count). The average molecular weight is 354 g/mol. The molecule has 0 bridgehead atoms. The third-order valence-corrected chi connectivity index (χ3v) is 4.12. The number of hydrogen-bond donors (Lipinski definition) is 1. The molecule has 0 aliphatic carbocycles. The van der Waals surface area contributed by atoms with E-state index in [1.54, 1.807) is 0 Å². The van der Waals surface area contributed by atoms with Crippen molar-refractivity contribution in [1.29, 1.82) is 0 Å². The molecule has 0 aliphatic rings. The molecule has 1 heterocycles. The zero-order chi connectivity index (χ0) is 14.5. The van der Waals surface area contributed by atoms with E-state index in [0.717, 1.165) is 33.7 Å². The Hall–Kier alpha value is -0.900. The first kappa shape index (κ1) is 15.5. The topological polar surface area (TPSA) is 24.9 Å². The molecule has 1 aromatic heterocycles. The smallest absolute Gasteiger partial charge is 0.0465 e. The van der Waals surface area contributed by atoms with Crippen LogP contribution in [0.15, 0.2) is 41.0 Å². The van der Waals surface area contributed by atoms with Gasteiger partial charge in [0.1, 0.15) is 0 Å². The number of aromatic nitrogens is 1. The van der Waals surface area contributed by atoms with Crippen molar-refractivity contribution in [2.75, 3.05) is 6.54 Å². The van der Waals surface area contributed by atoms with Gasteiger partial charge >= 0.3 is 0 Å². The molecule has 0 saturated heterocycles. The Bertz CT molecular complexity index is 586. The van der Waals surface area contributed by atoms with Crippen LogP contribution in [0.2, 0.25) is 5.02 Å². The highest BCUT2D eigenvalue weighted by molar-refractivity contribution is 9.10. The van der Waals surface area contributed by atoms with Gasteiger partial charge in [-0.2, -0.15) is 0 Å². The van der Waals surface area contributed by atoms with Crippen LogP contribution in [0.1, 0.15) is 29.8 Å². The van der Waals surface area contributed by atoms with Crippen molar-refractivity contribution in [2.24, 2.45) is 0 Å². The molecule has 1 unspecified atom stereocenters. The van der Waals surface area contributed by atoms with E-state index in [9.17, 15) is 0 Å². The lowest BCUT2D eigenvalue weighted by Gasteiger charge is -2.20. The molecule has 0 radical (unpaired) electrons. The Morgan fingerprint density at radius 1 is 1.35 bits per heavy atom. The predicted octanol–water partition coefficient (Wildman–Crippen LogP) is 4.70. The highest BCUT2D eigenvalue weighted by Crippen LogP contribution is 2.28. The summed E-state index contributed by atoms with van der Waals surface area (Å²) in [6, 6.07) is 10.3. The number of rotatable bonds is 5. The van der Waals surface area contributed by atoms with Gasteiger partial charge in [-0.3, -0.25) is 4.98 Å². The monoisotopic (exact) mass is 352 g/mol. The van der Waals surface area contributed by atoms with Crippen LogP contribution in [0.3, 0.4) is 0 Å². The fourth-order valence-electron chi connectivity index (χ4n) is 2.25. The molecule has 0 aliphatic heterocycles. The van der Waals surface area contributed by atoms with Crippen molar-refractivity contribution in [3.63, 3.8) is 0 Å². The first-order valence-electron chi connectivity index (χ1n) is 6.70. The fourth-order valence-corrected chi connectivity index (χ4v) is 3.05. The minimum Gasteiger partial charge on any atom is -0.310 e. The number of hydrogen-bond acceptors (Lipinski definition) is 2. The molecule has 0 amide bonds. The predicted molar refractivity (Wildman–Crippen MR) is 88.2 cm³/mol. The van der Waals surface area contributed by atoms with Gasteiger partial charge in [-0.25, -0.2) is 0 Å². The van der Waals surface area contributed by atoms with Crippen LogP contribution in [-0.4, -0.2) is 11.5 Å². The van der Waals surface area contributed by atoms with Gasteiger partial charge in [-0.15, -0.1) is 0 Å². The first-order valence-corrected chi connectivity index (χ1v) is 7.87. The zero-order valence-corrected chi connectivity index (χ0v) is 14.0. The Morgan fingerprint density at radius 3 is 2.80 bits per heavy atom.